The molecule has 0 aliphatic heterocycles. The summed E-state index contributed by atoms with van der Waals surface area (Å²) in [5.74, 6) is -0.0344. The van der Waals surface area contributed by atoms with Crippen molar-refractivity contribution >= 4 is 49.8 Å². The first-order chi connectivity index (χ1) is 11.6. The highest BCUT2D eigenvalue weighted by atomic mass is 35.5. The SMILES string of the molecule is CC[S@@](=O)c1ccccc1C(=O)OCc1sc2ccccc2c1Cl. The lowest BCUT2D eigenvalue weighted by Crippen LogP contribution is -2.09. The van der Waals surface area contributed by atoms with Crippen molar-refractivity contribution in [3.8, 4) is 0 Å². The molecule has 1 atom stereocenters. The van der Waals surface area contributed by atoms with E-state index in [-0.39, 0.29) is 6.61 Å². The lowest BCUT2D eigenvalue weighted by Gasteiger charge is -2.08. The van der Waals surface area contributed by atoms with Gasteiger partial charge >= 0.3 is 5.97 Å². The molecule has 2 aromatic carbocycles. The van der Waals surface area contributed by atoms with Crippen LogP contribution in [0.25, 0.3) is 10.1 Å². The Morgan fingerprint density at radius 3 is 2.62 bits per heavy atom. The minimum Gasteiger partial charge on any atom is -0.456 e. The first-order valence-corrected chi connectivity index (χ1v) is 9.93. The van der Waals surface area contributed by atoms with Crippen molar-refractivity contribution in [3.63, 3.8) is 0 Å². The first-order valence-electron chi connectivity index (χ1n) is 7.42. The molecule has 0 radical (unpaired) electrons. The molecule has 0 N–H and O–H groups in total. The van der Waals surface area contributed by atoms with Crippen molar-refractivity contribution in [2.45, 2.75) is 18.4 Å². The summed E-state index contributed by atoms with van der Waals surface area (Å²) < 4.78 is 18.5. The molecule has 0 unspecified atom stereocenters. The normalized spacial score (nSPS) is 12.2. The van der Waals surface area contributed by atoms with Gasteiger partial charge in [0, 0.05) is 15.8 Å². The van der Waals surface area contributed by atoms with Gasteiger partial charge in [0.15, 0.2) is 0 Å². The van der Waals surface area contributed by atoms with Crippen LogP contribution < -0.4 is 0 Å². The summed E-state index contributed by atoms with van der Waals surface area (Å²) in [5, 5.41) is 1.58. The van der Waals surface area contributed by atoms with Crippen molar-refractivity contribution in [2.24, 2.45) is 0 Å². The van der Waals surface area contributed by atoms with E-state index in [1.807, 2.05) is 31.2 Å². The molecule has 6 heteroatoms. The fourth-order valence-corrected chi connectivity index (χ4v) is 4.69. The molecule has 3 rings (SSSR count). The van der Waals surface area contributed by atoms with E-state index in [0.717, 1.165) is 15.0 Å². The number of benzene rings is 2. The number of thiophene rings is 1. The van der Waals surface area contributed by atoms with Crippen LogP contribution in [-0.2, 0) is 22.1 Å². The van der Waals surface area contributed by atoms with Gasteiger partial charge in [0.2, 0.25) is 0 Å². The molecule has 0 amide bonds. The topological polar surface area (TPSA) is 43.4 Å². The second-order valence-electron chi connectivity index (χ2n) is 5.04. The van der Waals surface area contributed by atoms with Gasteiger partial charge in [0.25, 0.3) is 0 Å². The molecule has 0 aliphatic rings. The molecule has 0 saturated heterocycles. The van der Waals surface area contributed by atoms with Crippen LogP contribution in [0, 0.1) is 0 Å². The number of fused-ring (bicyclic) bond motifs is 1. The summed E-state index contributed by atoms with van der Waals surface area (Å²) >= 11 is 7.87. The molecular weight excluding hydrogens is 364 g/mol. The third-order valence-electron chi connectivity index (χ3n) is 3.55. The van der Waals surface area contributed by atoms with Crippen LogP contribution in [0.15, 0.2) is 53.4 Å². The Kier molecular flexibility index (Phi) is 5.33. The van der Waals surface area contributed by atoms with Gasteiger partial charge in [0.1, 0.15) is 6.61 Å². The Bertz CT molecular complexity index is 918. The smallest absolute Gasteiger partial charge is 0.339 e. The lowest BCUT2D eigenvalue weighted by atomic mass is 10.2. The zero-order valence-corrected chi connectivity index (χ0v) is 15.3. The predicted octanol–water partition coefficient (Wildman–Crippen LogP) is 5.04. The lowest BCUT2D eigenvalue weighted by molar-refractivity contribution is 0.0472. The Hall–Kier alpha value is -1.69. The van der Waals surface area contributed by atoms with E-state index in [2.05, 4.69) is 0 Å². The summed E-state index contributed by atoms with van der Waals surface area (Å²) in [6.45, 7) is 1.92. The van der Waals surface area contributed by atoms with Crippen LogP contribution in [-0.4, -0.2) is 15.9 Å². The summed E-state index contributed by atoms with van der Waals surface area (Å²) in [6.07, 6.45) is 0. The highest BCUT2D eigenvalue weighted by Gasteiger charge is 2.17. The number of hydrogen-bond acceptors (Lipinski definition) is 4. The Balaban J connectivity index is 1.81. The Morgan fingerprint density at radius 1 is 1.17 bits per heavy atom. The summed E-state index contributed by atoms with van der Waals surface area (Å²) in [4.78, 5) is 13.7. The molecule has 24 heavy (non-hydrogen) atoms. The maximum Gasteiger partial charge on any atom is 0.339 e. The van der Waals surface area contributed by atoms with Crippen LogP contribution >= 0.6 is 22.9 Å². The molecule has 0 bridgehead atoms. The van der Waals surface area contributed by atoms with Crippen molar-refractivity contribution in [2.75, 3.05) is 5.75 Å². The van der Waals surface area contributed by atoms with Gasteiger partial charge in [-0.2, -0.15) is 0 Å². The molecule has 1 heterocycles. The second-order valence-corrected chi connectivity index (χ2v) is 8.26. The first kappa shape index (κ1) is 17.1. The van der Waals surface area contributed by atoms with Crippen molar-refractivity contribution < 1.29 is 13.7 Å². The summed E-state index contributed by atoms with van der Waals surface area (Å²) in [6, 6.07) is 14.6. The Labute approximate surface area is 151 Å². The molecule has 3 nitrogen and oxygen atoms in total. The average Bonchev–Trinajstić information content (AvgIpc) is 2.95. The van der Waals surface area contributed by atoms with E-state index in [9.17, 15) is 9.00 Å². The van der Waals surface area contributed by atoms with Gasteiger partial charge in [-0.3, -0.25) is 4.21 Å². The minimum absolute atomic E-state index is 0.101. The zero-order chi connectivity index (χ0) is 17.1. The predicted molar refractivity (Wildman–Crippen MR) is 99.3 cm³/mol. The van der Waals surface area contributed by atoms with Crippen LogP contribution in [0.1, 0.15) is 22.2 Å². The van der Waals surface area contributed by atoms with Crippen LogP contribution in [0.5, 0.6) is 0 Å². The van der Waals surface area contributed by atoms with Gasteiger partial charge in [-0.25, -0.2) is 4.79 Å². The number of carbonyl (C=O) groups is 1. The van der Waals surface area contributed by atoms with Crippen molar-refractivity contribution in [1.82, 2.24) is 0 Å². The van der Waals surface area contributed by atoms with E-state index >= 15 is 0 Å². The fourth-order valence-electron chi connectivity index (χ4n) is 2.36. The monoisotopic (exact) mass is 378 g/mol. The summed E-state index contributed by atoms with van der Waals surface area (Å²) in [7, 11) is -1.21. The molecule has 0 saturated carbocycles. The average molecular weight is 379 g/mol. The highest BCUT2D eigenvalue weighted by molar-refractivity contribution is 7.85. The zero-order valence-electron chi connectivity index (χ0n) is 13.0. The largest absolute Gasteiger partial charge is 0.456 e. The van der Waals surface area contributed by atoms with E-state index in [4.69, 9.17) is 16.3 Å². The maximum atomic E-state index is 12.4. The second kappa shape index (κ2) is 7.47. The number of carbonyl (C=O) groups excluding carboxylic acids is 1. The number of halogens is 1. The van der Waals surface area contributed by atoms with E-state index < -0.39 is 16.8 Å². The van der Waals surface area contributed by atoms with Crippen LogP contribution in [0.4, 0.5) is 0 Å². The molecule has 1 aromatic heterocycles. The van der Waals surface area contributed by atoms with Crippen LogP contribution in [0.3, 0.4) is 0 Å². The highest BCUT2D eigenvalue weighted by Crippen LogP contribution is 2.35. The van der Waals surface area contributed by atoms with Crippen LogP contribution in [0.2, 0.25) is 5.02 Å². The minimum atomic E-state index is -1.21. The quantitative estimate of drug-likeness (QED) is 0.584. The van der Waals surface area contributed by atoms with Gasteiger partial charge < -0.3 is 4.74 Å². The van der Waals surface area contributed by atoms with E-state index in [1.165, 1.54) is 11.3 Å². The van der Waals surface area contributed by atoms with Gasteiger partial charge in [0.05, 0.1) is 31.2 Å². The van der Waals surface area contributed by atoms with Gasteiger partial charge in [-0.15, -0.1) is 11.3 Å². The number of hydrogen-bond donors (Lipinski definition) is 0. The Morgan fingerprint density at radius 2 is 1.88 bits per heavy atom. The molecule has 124 valence electrons. The maximum absolute atomic E-state index is 12.4. The fraction of sp³-hybridized carbons (Fsp3) is 0.167. The molecule has 0 fully saturated rings. The molecule has 0 spiro atoms. The molecule has 0 aliphatic carbocycles. The van der Waals surface area contributed by atoms with E-state index in [0.29, 0.717) is 21.2 Å². The van der Waals surface area contributed by atoms with Crippen molar-refractivity contribution in [3.05, 3.63) is 64.0 Å². The third-order valence-corrected chi connectivity index (χ3v) is 6.61. The van der Waals surface area contributed by atoms with Gasteiger partial charge in [-0.1, -0.05) is 48.9 Å². The van der Waals surface area contributed by atoms with E-state index in [1.54, 1.807) is 24.3 Å². The summed E-state index contributed by atoms with van der Waals surface area (Å²) in [5.41, 5.74) is 0.343. The number of esters is 1. The van der Waals surface area contributed by atoms with Crippen molar-refractivity contribution in [1.29, 1.82) is 0 Å². The molecule has 3 aromatic rings. The number of ether oxygens (including phenoxy) is 1. The molecular formula is C18H15ClO3S2. The third kappa shape index (κ3) is 3.38. The van der Waals surface area contributed by atoms with Gasteiger partial charge in [-0.05, 0) is 18.2 Å². The number of rotatable bonds is 5. The standard InChI is InChI=1S/C18H15ClO3S2/c1-2-24(21)16-10-6-4-8-13(16)18(20)22-11-15-17(19)12-7-3-5-9-14(12)23-15/h3-10H,2,11H2,1H3/t24-/m1/s1.